The highest BCUT2D eigenvalue weighted by atomic mass is 35.5. The molecule has 1 fully saturated rings. The van der Waals surface area contributed by atoms with Crippen molar-refractivity contribution in [3.63, 3.8) is 0 Å². The Morgan fingerprint density at radius 1 is 1.32 bits per heavy atom. The van der Waals surface area contributed by atoms with E-state index in [1.807, 2.05) is 16.6 Å². The predicted molar refractivity (Wildman–Crippen MR) is 88.4 cm³/mol. The summed E-state index contributed by atoms with van der Waals surface area (Å²) in [6, 6.07) is 8.35. The third kappa shape index (κ3) is 2.86. The van der Waals surface area contributed by atoms with Crippen LogP contribution in [0.5, 0.6) is 0 Å². The second-order valence-electron chi connectivity index (χ2n) is 5.31. The maximum absolute atomic E-state index is 5.91. The van der Waals surface area contributed by atoms with Crippen molar-refractivity contribution in [2.45, 2.75) is 29.0 Å². The van der Waals surface area contributed by atoms with Crippen LogP contribution in [0.3, 0.4) is 0 Å². The van der Waals surface area contributed by atoms with E-state index in [0.29, 0.717) is 6.04 Å². The molecular formula is C14H15ClN5S2+. The van der Waals surface area contributed by atoms with Crippen molar-refractivity contribution in [3.05, 3.63) is 40.7 Å². The molecule has 1 aliphatic heterocycles. The van der Waals surface area contributed by atoms with E-state index in [2.05, 4.69) is 32.7 Å². The summed E-state index contributed by atoms with van der Waals surface area (Å²) in [7, 11) is 0. The van der Waals surface area contributed by atoms with Gasteiger partial charge in [-0.3, -0.25) is 0 Å². The average molecular weight is 353 g/mol. The van der Waals surface area contributed by atoms with E-state index in [-0.39, 0.29) is 0 Å². The van der Waals surface area contributed by atoms with Gasteiger partial charge in [0.1, 0.15) is 6.04 Å². The zero-order valence-corrected chi connectivity index (χ0v) is 14.2. The number of halogens is 1. The monoisotopic (exact) mass is 352 g/mol. The molecule has 3 heterocycles. The fraction of sp³-hybridized carbons (Fsp3) is 0.357. The fourth-order valence-electron chi connectivity index (χ4n) is 2.64. The standard InChI is InChI=1S/C14H14ClN5S2/c15-10-5-3-9(4-6-10)8-21-14-19-20-12(11-2-1-7-16-11)17-18-13(20)22-14/h3-6,11,16H,1-2,7-8H2/p+1/t11-/m1/s1. The first-order valence-corrected chi connectivity index (χ1v) is 9.40. The number of quaternary nitrogens is 1. The van der Waals surface area contributed by atoms with Gasteiger partial charge in [0.15, 0.2) is 4.34 Å². The van der Waals surface area contributed by atoms with E-state index >= 15 is 0 Å². The summed E-state index contributed by atoms with van der Waals surface area (Å²) >= 11 is 9.24. The average Bonchev–Trinajstić information content (AvgIpc) is 3.22. The van der Waals surface area contributed by atoms with Gasteiger partial charge in [-0.2, -0.15) is 4.52 Å². The van der Waals surface area contributed by atoms with Gasteiger partial charge in [0.05, 0.1) is 6.54 Å². The van der Waals surface area contributed by atoms with E-state index in [0.717, 1.165) is 32.3 Å². The highest BCUT2D eigenvalue weighted by Gasteiger charge is 2.27. The van der Waals surface area contributed by atoms with Gasteiger partial charge in [0.2, 0.25) is 10.8 Å². The lowest BCUT2D eigenvalue weighted by Crippen LogP contribution is -2.82. The van der Waals surface area contributed by atoms with Crippen LogP contribution < -0.4 is 5.32 Å². The Morgan fingerprint density at radius 2 is 2.18 bits per heavy atom. The molecule has 0 saturated carbocycles. The first-order chi connectivity index (χ1) is 10.8. The van der Waals surface area contributed by atoms with Gasteiger partial charge in [-0.15, -0.1) is 15.3 Å². The van der Waals surface area contributed by atoms with Gasteiger partial charge in [-0.25, -0.2) is 0 Å². The van der Waals surface area contributed by atoms with E-state index in [1.54, 1.807) is 23.1 Å². The highest BCUT2D eigenvalue weighted by Crippen LogP contribution is 2.29. The normalized spacial score (nSPS) is 18.3. The minimum atomic E-state index is 0.409. The number of hydrogen-bond acceptors (Lipinski definition) is 5. The third-order valence-electron chi connectivity index (χ3n) is 3.77. The fourth-order valence-corrected chi connectivity index (χ4v) is 4.60. The molecule has 4 rings (SSSR count). The Kier molecular flexibility index (Phi) is 4.04. The van der Waals surface area contributed by atoms with Crippen molar-refractivity contribution in [3.8, 4) is 0 Å². The van der Waals surface area contributed by atoms with E-state index in [4.69, 9.17) is 11.6 Å². The number of benzene rings is 1. The summed E-state index contributed by atoms with van der Waals surface area (Å²) in [6.45, 7) is 1.17. The van der Waals surface area contributed by atoms with Crippen molar-refractivity contribution in [2.24, 2.45) is 0 Å². The van der Waals surface area contributed by atoms with Crippen LogP contribution in [0.2, 0.25) is 5.02 Å². The lowest BCUT2D eigenvalue weighted by molar-refractivity contribution is -0.677. The van der Waals surface area contributed by atoms with Gasteiger partial charge in [0.25, 0.3) is 0 Å². The van der Waals surface area contributed by atoms with Crippen LogP contribution in [0.15, 0.2) is 28.6 Å². The highest BCUT2D eigenvalue weighted by molar-refractivity contribution is 8.00. The molecule has 0 spiro atoms. The molecule has 2 N–H and O–H groups in total. The summed E-state index contributed by atoms with van der Waals surface area (Å²) in [4.78, 5) is 0.883. The second-order valence-corrected chi connectivity index (χ2v) is 7.92. The van der Waals surface area contributed by atoms with Crippen LogP contribution in [0, 0.1) is 0 Å². The van der Waals surface area contributed by atoms with Crippen molar-refractivity contribution in [1.29, 1.82) is 0 Å². The number of hydrogen-bond donors (Lipinski definition) is 1. The Balaban J connectivity index is 1.51. The molecule has 0 amide bonds. The first kappa shape index (κ1) is 14.4. The molecule has 1 aliphatic rings. The maximum Gasteiger partial charge on any atom is 0.235 e. The van der Waals surface area contributed by atoms with E-state index in [9.17, 15) is 0 Å². The van der Waals surface area contributed by atoms with Gasteiger partial charge >= 0.3 is 0 Å². The van der Waals surface area contributed by atoms with Crippen molar-refractivity contribution < 1.29 is 5.32 Å². The molecule has 1 aromatic carbocycles. The molecule has 22 heavy (non-hydrogen) atoms. The van der Waals surface area contributed by atoms with E-state index in [1.165, 1.54) is 18.5 Å². The summed E-state index contributed by atoms with van der Waals surface area (Å²) in [5.41, 5.74) is 1.24. The molecule has 1 atom stereocenters. The SMILES string of the molecule is Clc1ccc(CSc2nn3c([C@H]4CCC[NH2+]4)nnc3s2)cc1. The quantitative estimate of drug-likeness (QED) is 0.733. The molecule has 0 bridgehead atoms. The number of nitrogens with zero attached hydrogens (tertiary/aromatic N) is 4. The Bertz CT molecular complexity index is 776. The first-order valence-electron chi connectivity index (χ1n) is 7.22. The van der Waals surface area contributed by atoms with Gasteiger partial charge < -0.3 is 5.32 Å². The number of thioether (sulfide) groups is 1. The summed E-state index contributed by atoms with van der Waals surface area (Å²) < 4.78 is 2.94. The van der Waals surface area contributed by atoms with Crippen molar-refractivity contribution >= 4 is 39.7 Å². The molecule has 3 aromatic rings. The number of rotatable bonds is 4. The van der Waals surface area contributed by atoms with Gasteiger partial charge in [0, 0.05) is 23.6 Å². The topological polar surface area (TPSA) is 59.7 Å². The predicted octanol–water partition coefficient (Wildman–Crippen LogP) is 2.53. The summed E-state index contributed by atoms with van der Waals surface area (Å²) in [6.07, 6.45) is 2.40. The lowest BCUT2D eigenvalue weighted by atomic mass is 10.2. The molecule has 8 heteroatoms. The van der Waals surface area contributed by atoms with Crippen LogP contribution in [0.4, 0.5) is 0 Å². The second kappa shape index (κ2) is 6.16. The third-order valence-corrected chi connectivity index (χ3v) is 6.13. The number of nitrogens with two attached hydrogens (primary N) is 1. The van der Waals surface area contributed by atoms with Gasteiger partial charge in [-0.05, 0) is 17.7 Å². The number of fused-ring (bicyclic) bond motifs is 1. The molecule has 5 nitrogen and oxygen atoms in total. The Morgan fingerprint density at radius 3 is 2.95 bits per heavy atom. The molecule has 114 valence electrons. The zero-order valence-electron chi connectivity index (χ0n) is 11.8. The van der Waals surface area contributed by atoms with Gasteiger partial charge in [-0.1, -0.05) is 46.8 Å². The van der Waals surface area contributed by atoms with Crippen molar-refractivity contribution in [1.82, 2.24) is 19.8 Å². The van der Waals surface area contributed by atoms with Crippen LogP contribution in [-0.4, -0.2) is 26.4 Å². The molecule has 0 unspecified atom stereocenters. The zero-order chi connectivity index (χ0) is 14.9. The molecule has 2 aromatic heterocycles. The summed E-state index contributed by atoms with van der Waals surface area (Å²) in [5, 5.41) is 16.4. The number of aromatic nitrogens is 4. The largest absolute Gasteiger partial charge is 0.337 e. The Labute approximate surface area is 141 Å². The minimum Gasteiger partial charge on any atom is -0.337 e. The van der Waals surface area contributed by atoms with Crippen LogP contribution in [0.1, 0.15) is 30.3 Å². The molecule has 0 radical (unpaired) electrons. The van der Waals surface area contributed by atoms with Crippen LogP contribution in [0.25, 0.3) is 4.96 Å². The smallest absolute Gasteiger partial charge is 0.235 e. The van der Waals surface area contributed by atoms with E-state index < -0.39 is 0 Å². The summed E-state index contributed by atoms with van der Waals surface area (Å²) in [5.74, 6) is 1.87. The maximum atomic E-state index is 5.91. The lowest BCUT2D eigenvalue weighted by Gasteiger charge is -2.02. The molecule has 1 saturated heterocycles. The minimum absolute atomic E-state index is 0.409. The van der Waals surface area contributed by atoms with Crippen LogP contribution in [-0.2, 0) is 5.75 Å². The Hall–Kier alpha value is -1.15. The molecular weight excluding hydrogens is 338 g/mol. The molecule has 0 aliphatic carbocycles. The van der Waals surface area contributed by atoms with Crippen molar-refractivity contribution in [2.75, 3.05) is 6.54 Å². The van der Waals surface area contributed by atoms with Crippen LogP contribution >= 0.6 is 34.7 Å².